The standard InChI is InChI=1S/C26H34N6O5/c1-4-31-21-10-11-22(28-25(21)32(5-2)26(31)35)27-23(33)12-13-24(34)30-16-14-29(15-17-30)18-37-20-8-6-19(36-3)7-9-20/h6-11H,4-5,12-18H2,1-3H3,(H,27,28,33). The number of hydrogen-bond acceptors (Lipinski definition) is 7. The highest BCUT2D eigenvalue weighted by Crippen LogP contribution is 2.18. The lowest BCUT2D eigenvalue weighted by Gasteiger charge is -2.34. The van der Waals surface area contributed by atoms with E-state index in [0.29, 0.717) is 57.5 Å². The number of aryl methyl sites for hydroxylation is 2. The topological polar surface area (TPSA) is 111 Å². The Labute approximate surface area is 215 Å². The molecule has 0 radical (unpaired) electrons. The Hall–Kier alpha value is -3.86. The molecule has 1 N–H and O–H groups in total. The van der Waals surface area contributed by atoms with Gasteiger partial charge in [-0.3, -0.25) is 23.6 Å². The number of benzene rings is 1. The van der Waals surface area contributed by atoms with Crippen LogP contribution in [-0.2, 0) is 22.7 Å². The molecule has 1 aromatic carbocycles. The Balaban J connectivity index is 1.22. The van der Waals surface area contributed by atoms with Crippen LogP contribution in [0.3, 0.4) is 0 Å². The van der Waals surface area contributed by atoms with E-state index in [-0.39, 0.29) is 30.3 Å². The van der Waals surface area contributed by atoms with Gasteiger partial charge in [0.25, 0.3) is 0 Å². The highest BCUT2D eigenvalue weighted by molar-refractivity contribution is 5.93. The molecule has 1 saturated heterocycles. The van der Waals surface area contributed by atoms with Crippen molar-refractivity contribution >= 4 is 28.8 Å². The third-order valence-electron chi connectivity index (χ3n) is 6.53. The molecular formula is C26H34N6O5. The van der Waals surface area contributed by atoms with Gasteiger partial charge in [0, 0.05) is 52.1 Å². The van der Waals surface area contributed by atoms with E-state index in [9.17, 15) is 14.4 Å². The number of carbonyl (C=O) groups is 2. The number of methoxy groups -OCH3 is 1. The van der Waals surface area contributed by atoms with Crippen LogP contribution in [0, 0.1) is 0 Å². The SMILES string of the molecule is CCn1c(=O)n(CC)c2nc(NC(=O)CCC(=O)N3CCN(COc4ccc(OC)cc4)CC3)ccc21. The zero-order valence-corrected chi connectivity index (χ0v) is 21.6. The van der Waals surface area contributed by atoms with Gasteiger partial charge in [-0.25, -0.2) is 9.78 Å². The normalized spacial score (nSPS) is 14.1. The molecule has 2 aromatic heterocycles. The molecule has 0 unspecified atom stereocenters. The van der Waals surface area contributed by atoms with Gasteiger partial charge >= 0.3 is 5.69 Å². The maximum Gasteiger partial charge on any atom is 0.330 e. The molecule has 2 amide bonds. The molecule has 0 atom stereocenters. The minimum Gasteiger partial charge on any atom is -0.497 e. The fourth-order valence-corrected chi connectivity index (χ4v) is 4.40. The molecule has 1 fully saturated rings. The molecule has 198 valence electrons. The molecule has 3 aromatic rings. The van der Waals surface area contributed by atoms with E-state index in [1.807, 2.05) is 38.1 Å². The molecule has 0 aliphatic carbocycles. The summed E-state index contributed by atoms with van der Waals surface area (Å²) in [4.78, 5) is 46.1. The molecule has 11 heteroatoms. The van der Waals surface area contributed by atoms with Gasteiger partial charge in [-0.1, -0.05) is 0 Å². The minimum absolute atomic E-state index is 0.0471. The Morgan fingerprint density at radius 3 is 2.24 bits per heavy atom. The largest absolute Gasteiger partial charge is 0.497 e. The number of nitrogens with one attached hydrogen (secondary N) is 1. The second-order valence-electron chi connectivity index (χ2n) is 8.81. The van der Waals surface area contributed by atoms with Crippen molar-refractivity contribution in [3.05, 3.63) is 46.9 Å². The lowest BCUT2D eigenvalue weighted by atomic mass is 10.2. The van der Waals surface area contributed by atoms with Crippen molar-refractivity contribution in [2.45, 2.75) is 39.8 Å². The number of pyridine rings is 1. The highest BCUT2D eigenvalue weighted by Gasteiger charge is 2.22. The van der Waals surface area contributed by atoms with Crippen molar-refractivity contribution in [3.63, 3.8) is 0 Å². The zero-order chi connectivity index (χ0) is 26.4. The van der Waals surface area contributed by atoms with Crippen LogP contribution in [0.4, 0.5) is 5.82 Å². The first-order chi connectivity index (χ1) is 17.9. The van der Waals surface area contributed by atoms with E-state index in [1.54, 1.807) is 33.3 Å². The lowest BCUT2D eigenvalue weighted by Crippen LogP contribution is -2.49. The molecule has 0 spiro atoms. The number of fused-ring (bicyclic) bond motifs is 1. The van der Waals surface area contributed by atoms with Gasteiger partial charge in [-0.2, -0.15) is 0 Å². The summed E-state index contributed by atoms with van der Waals surface area (Å²) in [6.45, 7) is 7.85. The van der Waals surface area contributed by atoms with Gasteiger partial charge in [-0.15, -0.1) is 0 Å². The minimum atomic E-state index is -0.285. The van der Waals surface area contributed by atoms with E-state index in [1.165, 1.54) is 0 Å². The number of imidazole rings is 1. The maximum absolute atomic E-state index is 12.7. The van der Waals surface area contributed by atoms with Crippen LogP contribution < -0.4 is 20.5 Å². The second kappa shape index (κ2) is 11.9. The predicted octanol–water partition coefficient (Wildman–Crippen LogP) is 2.15. The molecule has 1 aliphatic rings. The molecule has 3 heterocycles. The monoisotopic (exact) mass is 510 g/mol. The van der Waals surface area contributed by atoms with Crippen LogP contribution in [0.15, 0.2) is 41.2 Å². The summed E-state index contributed by atoms with van der Waals surface area (Å²) in [5, 5.41) is 2.76. The van der Waals surface area contributed by atoms with E-state index in [0.717, 1.165) is 17.0 Å². The van der Waals surface area contributed by atoms with Gasteiger partial charge in [0.05, 0.1) is 12.6 Å². The summed E-state index contributed by atoms with van der Waals surface area (Å²) in [6, 6.07) is 10.9. The molecule has 0 bridgehead atoms. The second-order valence-corrected chi connectivity index (χ2v) is 8.81. The van der Waals surface area contributed by atoms with E-state index in [2.05, 4.69) is 15.2 Å². The van der Waals surface area contributed by atoms with Crippen LogP contribution >= 0.6 is 0 Å². The van der Waals surface area contributed by atoms with Crippen molar-refractivity contribution in [3.8, 4) is 11.5 Å². The number of aromatic nitrogens is 3. The number of amides is 2. The van der Waals surface area contributed by atoms with Crippen LogP contribution in [0.1, 0.15) is 26.7 Å². The fourth-order valence-electron chi connectivity index (χ4n) is 4.40. The number of anilines is 1. The van der Waals surface area contributed by atoms with Gasteiger partial charge < -0.3 is 19.7 Å². The van der Waals surface area contributed by atoms with E-state index < -0.39 is 0 Å². The number of hydrogen-bond donors (Lipinski definition) is 1. The first-order valence-corrected chi connectivity index (χ1v) is 12.6. The molecular weight excluding hydrogens is 476 g/mol. The quantitative estimate of drug-likeness (QED) is 0.445. The number of ether oxygens (including phenoxy) is 2. The van der Waals surface area contributed by atoms with Crippen molar-refractivity contribution in [2.24, 2.45) is 0 Å². The number of piperazine rings is 1. The van der Waals surface area contributed by atoms with Crippen LogP contribution in [0.5, 0.6) is 11.5 Å². The molecule has 1 aliphatic heterocycles. The fraction of sp³-hybridized carbons (Fsp3) is 0.462. The first-order valence-electron chi connectivity index (χ1n) is 12.6. The lowest BCUT2D eigenvalue weighted by molar-refractivity contribution is -0.134. The average Bonchev–Trinajstić information content (AvgIpc) is 3.20. The van der Waals surface area contributed by atoms with Gasteiger partial charge in [-0.05, 0) is 50.2 Å². The third-order valence-corrected chi connectivity index (χ3v) is 6.53. The predicted molar refractivity (Wildman–Crippen MR) is 140 cm³/mol. The van der Waals surface area contributed by atoms with Crippen molar-refractivity contribution in [1.29, 1.82) is 0 Å². The number of rotatable bonds is 10. The van der Waals surface area contributed by atoms with Crippen molar-refractivity contribution < 1.29 is 19.1 Å². The average molecular weight is 511 g/mol. The Kier molecular flexibility index (Phi) is 8.44. The summed E-state index contributed by atoms with van der Waals surface area (Å²) in [5.41, 5.74) is 1.15. The van der Waals surface area contributed by atoms with E-state index >= 15 is 0 Å². The summed E-state index contributed by atoms with van der Waals surface area (Å²) >= 11 is 0. The Bertz CT molecular complexity index is 1290. The molecule has 4 rings (SSSR count). The summed E-state index contributed by atoms with van der Waals surface area (Å²) in [6.07, 6.45) is 0.193. The highest BCUT2D eigenvalue weighted by atomic mass is 16.5. The van der Waals surface area contributed by atoms with Gasteiger partial charge in [0.15, 0.2) is 5.65 Å². The Morgan fingerprint density at radius 1 is 0.919 bits per heavy atom. The number of nitrogens with zero attached hydrogens (tertiary/aromatic N) is 5. The van der Waals surface area contributed by atoms with Crippen LogP contribution in [-0.4, -0.2) is 75.8 Å². The van der Waals surface area contributed by atoms with E-state index in [4.69, 9.17) is 9.47 Å². The molecule has 11 nitrogen and oxygen atoms in total. The maximum atomic E-state index is 12.7. The van der Waals surface area contributed by atoms with Crippen molar-refractivity contribution in [1.82, 2.24) is 23.9 Å². The molecule has 0 saturated carbocycles. The number of carbonyl (C=O) groups excluding carboxylic acids is 2. The van der Waals surface area contributed by atoms with Crippen molar-refractivity contribution in [2.75, 3.05) is 45.3 Å². The van der Waals surface area contributed by atoms with Gasteiger partial charge in [0.2, 0.25) is 11.8 Å². The molecule has 37 heavy (non-hydrogen) atoms. The van der Waals surface area contributed by atoms with Crippen LogP contribution in [0.25, 0.3) is 11.2 Å². The summed E-state index contributed by atoms with van der Waals surface area (Å²) < 4.78 is 14.2. The third kappa shape index (κ3) is 6.11. The Morgan fingerprint density at radius 2 is 1.59 bits per heavy atom. The zero-order valence-electron chi connectivity index (χ0n) is 21.6. The first kappa shape index (κ1) is 26.2. The summed E-state index contributed by atoms with van der Waals surface area (Å²) in [7, 11) is 1.62. The van der Waals surface area contributed by atoms with Crippen LogP contribution in [0.2, 0.25) is 0 Å². The smallest absolute Gasteiger partial charge is 0.330 e. The summed E-state index contributed by atoms with van der Waals surface area (Å²) in [5.74, 6) is 1.58. The van der Waals surface area contributed by atoms with Gasteiger partial charge in [0.1, 0.15) is 24.0 Å².